The van der Waals surface area contributed by atoms with Crippen LogP contribution in [0.2, 0.25) is 0 Å². The van der Waals surface area contributed by atoms with Crippen molar-refractivity contribution in [2.75, 3.05) is 12.3 Å². The molecule has 3 heteroatoms. The minimum Gasteiger partial charge on any atom is -0.313 e. The predicted octanol–water partition coefficient (Wildman–Crippen LogP) is 5.23. The molecule has 1 N–H and O–H groups in total. The van der Waals surface area contributed by atoms with Gasteiger partial charge in [-0.3, -0.25) is 0 Å². The second-order valence-corrected chi connectivity index (χ2v) is 6.51. The molecule has 1 rings (SSSR count). The molecule has 102 valence electrons. The highest BCUT2D eigenvalue weighted by Gasteiger charge is 2.01. The Balaban J connectivity index is 2.41. The number of nitrogens with one attached hydrogen (secondary N) is 1. The zero-order chi connectivity index (χ0) is 13.2. The molecule has 1 nitrogen and oxygen atoms in total. The van der Waals surface area contributed by atoms with Crippen LogP contribution in [0, 0.1) is 0 Å². The smallest absolute Gasteiger partial charge is 0.0231 e. The van der Waals surface area contributed by atoms with Gasteiger partial charge < -0.3 is 5.32 Å². The van der Waals surface area contributed by atoms with E-state index in [4.69, 9.17) is 0 Å². The van der Waals surface area contributed by atoms with Crippen molar-refractivity contribution in [3.8, 4) is 0 Å². The van der Waals surface area contributed by atoms with Gasteiger partial charge in [-0.25, -0.2) is 0 Å². The molecular formula is C15H24BrNS. The average Bonchev–Trinajstić information content (AvgIpc) is 2.37. The van der Waals surface area contributed by atoms with Crippen molar-refractivity contribution in [3.63, 3.8) is 0 Å². The van der Waals surface area contributed by atoms with Crippen molar-refractivity contribution in [1.29, 1.82) is 0 Å². The standard InChI is InChI=1S/C15H24BrNS/c1-3-5-6-10-18-14-8-7-13(15(16)11-14)12-17-9-4-2/h7-8,11,17H,3-6,9-10,12H2,1-2H3. The molecule has 1 aromatic rings. The molecule has 0 saturated carbocycles. The summed E-state index contributed by atoms with van der Waals surface area (Å²) < 4.78 is 1.23. The monoisotopic (exact) mass is 329 g/mol. The van der Waals surface area contributed by atoms with Gasteiger partial charge in [0.1, 0.15) is 0 Å². The van der Waals surface area contributed by atoms with Crippen molar-refractivity contribution in [3.05, 3.63) is 28.2 Å². The molecule has 0 spiro atoms. The first-order valence-electron chi connectivity index (χ1n) is 6.89. The highest BCUT2D eigenvalue weighted by atomic mass is 79.9. The maximum atomic E-state index is 3.67. The Hall–Kier alpha value is 0.01000. The minimum atomic E-state index is 0.954. The van der Waals surface area contributed by atoms with Gasteiger partial charge in [-0.1, -0.05) is 48.7 Å². The van der Waals surface area contributed by atoms with E-state index in [9.17, 15) is 0 Å². The fraction of sp³-hybridized carbons (Fsp3) is 0.600. The van der Waals surface area contributed by atoms with Crippen molar-refractivity contribution >= 4 is 27.7 Å². The molecular weight excluding hydrogens is 306 g/mol. The van der Waals surface area contributed by atoms with Crippen LogP contribution >= 0.6 is 27.7 Å². The second-order valence-electron chi connectivity index (χ2n) is 4.49. The molecule has 0 radical (unpaired) electrons. The summed E-state index contributed by atoms with van der Waals surface area (Å²) in [7, 11) is 0. The number of rotatable bonds is 9. The molecule has 0 saturated heterocycles. The lowest BCUT2D eigenvalue weighted by Crippen LogP contribution is -2.14. The SMILES string of the molecule is CCCCCSc1ccc(CNCCC)c(Br)c1. The number of benzene rings is 1. The molecule has 1 aromatic carbocycles. The molecule has 0 fully saturated rings. The first kappa shape index (κ1) is 16.1. The summed E-state index contributed by atoms with van der Waals surface area (Å²) in [6.45, 7) is 6.48. The summed E-state index contributed by atoms with van der Waals surface area (Å²) in [6.07, 6.45) is 5.14. The maximum Gasteiger partial charge on any atom is 0.0231 e. The largest absolute Gasteiger partial charge is 0.313 e. The van der Waals surface area contributed by atoms with Gasteiger partial charge in [0, 0.05) is 15.9 Å². The topological polar surface area (TPSA) is 12.0 Å². The third kappa shape index (κ3) is 6.26. The fourth-order valence-electron chi connectivity index (χ4n) is 1.70. The van der Waals surface area contributed by atoms with Crippen LogP contribution in [0.1, 0.15) is 45.1 Å². The van der Waals surface area contributed by atoms with E-state index in [1.807, 2.05) is 11.8 Å². The van der Waals surface area contributed by atoms with Gasteiger partial charge in [-0.05, 0) is 42.8 Å². The zero-order valence-electron chi connectivity index (χ0n) is 11.5. The highest BCUT2D eigenvalue weighted by molar-refractivity contribution is 9.10. The first-order chi connectivity index (χ1) is 8.77. The van der Waals surface area contributed by atoms with Gasteiger partial charge in [0.05, 0.1) is 0 Å². The molecule has 0 heterocycles. The van der Waals surface area contributed by atoms with Gasteiger partial charge in [0.25, 0.3) is 0 Å². The summed E-state index contributed by atoms with van der Waals surface area (Å²) in [5.74, 6) is 1.23. The van der Waals surface area contributed by atoms with Crippen molar-refractivity contribution in [2.45, 2.75) is 51.0 Å². The molecule has 0 aliphatic rings. The van der Waals surface area contributed by atoms with Crippen molar-refractivity contribution < 1.29 is 0 Å². The Kier molecular flexibility index (Phi) is 8.82. The minimum absolute atomic E-state index is 0.954. The van der Waals surface area contributed by atoms with Crippen LogP contribution in [-0.4, -0.2) is 12.3 Å². The fourth-order valence-corrected chi connectivity index (χ4v) is 3.32. The maximum absolute atomic E-state index is 3.67. The van der Waals surface area contributed by atoms with E-state index >= 15 is 0 Å². The van der Waals surface area contributed by atoms with Crippen LogP contribution in [0.15, 0.2) is 27.6 Å². The van der Waals surface area contributed by atoms with Gasteiger partial charge in [-0.15, -0.1) is 11.8 Å². The Morgan fingerprint density at radius 1 is 1.17 bits per heavy atom. The third-order valence-corrected chi connectivity index (χ3v) is 4.60. The molecule has 0 amide bonds. The lowest BCUT2D eigenvalue weighted by Gasteiger charge is -2.08. The van der Waals surface area contributed by atoms with Gasteiger partial charge in [0.15, 0.2) is 0 Å². The van der Waals surface area contributed by atoms with Crippen LogP contribution in [0.3, 0.4) is 0 Å². The zero-order valence-corrected chi connectivity index (χ0v) is 13.9. The second kappa shape index (κ2) is 9.88. The summed E-state index contributed by atoms with van der Waals surface area (Å²) in [5, 5.41) is 3.43. The van der Waals surface area contributed by atoms with Gasteiger partial charge >= 0.3 is 0 Å². The quantitative estimate of drug-likeness (QED) is 0.491. The van der Waals surface area contributed by atoms with Crippen LogP contribution in [0.25, 0.3) is 0 Å². The molecule has 0 bridgehead atoms. The lowest BCUT2D eigenvalue weighted by molar-refractivity contribution is 0.673. The van der Waals surface area contributed by atoms with E-state index in [0.717, 1.165) is 13.1 Å². The van der Waals surface area contributed by atoms with Crippen LogP contribution in [0.5, 0.6) is 0 Å². The van der Waals surface area contributed by atoms with E-state index in [1.54, 1.807) is 0 Å². The molecule has 0 aliphatic heterocycles. The van der Waals surface area contributed by atoms with E-state index in [-0.39, 0.29) is 0 Å². The number of halogens is 1. The Morgan fingerprint density at radius 3 is 2.67 bits per heavy atom. The summed E-state index contributed by atoms with van der Waals surface area (Å²) >= 11 is 5.63. The molecule has 0 atom stereocenters. The van der Waals surface area contributed by atoms with E-state index in [1.165, 1.54) is 46.4 Å². The van der Waals surface area contributed by atoms with Gasteiger partial charge in [0.2, 0.25) is 0 Å². The number of hydrogen-bond donors (Lipinski definition) is 1. The normalized spacial score (nSPS) is 10.8. The summed E-state index contributed by atoms with van der Waals surface area (Å²) in [4.78, 5) is 1.37. The van der Waals surface area contributed by atoms with E-state index in [0.29, 0.717) is 0 Å². The molecule has 0 unspecified atom stereocenters. The van der Waals surface area contributed by atoms with Crippen molar-refractivity contribution in [2.24, 2.45) is 0 Å². The lowest BCUT2D eigenvalue weighted by atomic mass is 10.2. The average molecular weight is 330 g/mol. The number of unbranched alkanes of at least 4 members (excludes halogenated alkanes) is 2. The van der Waals surface area contributed by atoms with E-state index in [2.05, 4.69) is 53.3 Å². The Labute approximate surface area is 124 Å². The van der Waals surface area contributed by atoms with Gasteiger partial charge in [-0.2, -0.15) is 0 Å². The molecule has 0 aliphatic carbocycles. The molecule has 0 aromatic heterocycles. The Morgan fingerprint density at radius 2 is 2.00 bits per heavy atom. The van der Waals surface area contributed by atoms with E-state index < -0.39 is 0 Å². The van der Waals surface area contributed by atoms with Crippen LogP contribution in [0.4, 0.5) is 0 Å². The third-order valence-electron chi connectivity index (χ3n) is 2.78. The number of hydrogen-bond acceptors (Lipinski definition) is 2. The summed E-state index contributed by atoms with van der Waals surface area (Å²) in [5.41, 5.74) is 1.35. The first-order valence-corrected chi connectivity index (χ1v) is 8.67. The molecule has 18 heavy (non-hydrogen) atoms. The van der Waals surface area contributed by atoms with Crippen LogP contribution in [-0.2, 0) is 6.54 Å². The predicted molar refractivity (Wildman–Crippen MR) is 86.4 cm³/mol. The van der Waals surface area contributed by atoms with Crippen molar-refractivity contribution in [1.82, 2.24) is 5.32 Å². The highest BCUT2D eigenvalue weighted by Crippen LogP contribution is 2.26. The van der Waals surface area contributed by atoms with Crippen LogP contribution < -0.4 is 5.32 Å². The number of thioether (sulfide) groups is 1. The Bertz CT molecular complexity index is 341. The summed E-state index contributed by atoms with van der Waals surface area (Å²) in [6, 6.07) is 6.72.